The first-order valence-corrected chi connectivity index (χ1v) is 11.6. The third kappa shape index (κ3) is 4.85. The Morgan fingerprint density at radius 3 is 2.66 bits per heavy atom. The van der Waals surface area contributed by atoms with Gasteiger partial charge in [-0.1, -0.05) is 25.3 Å². The monoisotopic (exact) mass is 452 g/mol. The van der Waals surface area contributed by atoms with Crippen LogP contribution in [0.3, 0.4) is 0 Å². The topological polar surface area (TPSA) is 75.2 Å². The van der Waals surface area contributed by atoms with E-state index in [-0.39, 0.29) is 23.3 Å². The molecule has 1 fully saturated rings. The Morgan fingerprint density at radius 1 is 1.19 bits per heavy atom. The van der Waals surface area contributed by atoms with Crippen molar-refractivity contribution in [3.05, 3.63) is 76.3 Å². The SMILES string of the molecule is Cc1ccsc1C(C(=O)NC1CCCCC1)N(C(=O)c1cnccn1)c1cccc(F)c1. The van der Waals surface area contributed by atoms with Crippen LogP contribution in [0.2, 0.25) is 0 Å². The Morgan fingerprint density at radius 2 is 2.00 bits per heavy atom. The molecular weight excluding hydrogens is 427 g/mol. The smallest absolute Gasteiger partial charge is 0.279 e. The molecule has 0 aliphatic heterocycles. The predicted octanol–water partition coefficient (Wildman–Crippen LogP) is 4.82. The number of thiophene rings is 1. The maximum absolute atomic E-state index is 14.2. The third-order valence-corrected chi connectivity index (χ3v) is 6.77. The molecule has 1 saturated carbocycles. The number of rotatable bonds is 6. The molecule has 1 unspecified atom stereocenters. The van der Waals surface area contributed by atoms with Gasteiger partial charge in [-0.25, -0.2) is 9.37 Å². The summed E-state index contributed by atoms with van der Waals surface area (Å²) >= 11 is 1.40. The van der Waals surface area contributed by atoms with Crippen LogP contribution in [0, 0.1) is 12.7 Å². The summed E-state index contributed by atoms with van der Waals surface area (Å²) in [4.78, 5) is 37.5. The van der Waals surface area contributed by atoms with Crippen LogP contribution in [0.4, 0.5) is 10.1 Å². The van der Waals surface area contributed by atoms with Crippen LogP contribution in [0.25, 0.3) is 0 Å². The fraction of sp³-hybridized carbons (Fsp3) is 0.333. The van der Waals surface area contributed by atoms with Crippen LogP contribution in [-0.4, -0.2) is 27.8 Å². The predicted molar refractivity (Wildman–Crippen MR) is 122 cm³/mol. The molecule has 0 spiro atoms. The highest BCUT2D eigenvalue weighted by Crippen LogP contribution is 2.35. The minimum Gasteiger partial charge on any atom is -0.351 e. The van der Waals surface area contributed by atoms with Crippen LogP contribution in [-0.2, 0) is 4.79 Å². The van der Waals surface area contributed by atoms with Crippen LogP contribution in [0.1, 0.15) is 59.1 Å². The second-order valence-corrected chi connectivity index (χ2v) is 8.91. The average molecular weight is 453 g/mol. The highest BCUT2D eigenvalue weighted by atomic mass is 32.1. The van der Waals surface area contributed by atoms with Crippen molar-refractivity contribution in [1.82, 2.24) is 15.3 Å². The van der Waals surface area contributed by atoms with E-state index >= 15 is 0 Å². The summed E-state index contributed by atoms with van der Waals surface area (Å²) in [6.07, 6.45) is 9.39. The van der Waals surface area contributed by atoms with Gasteiger partial charge >= 0.3 is 0 Å². The number of nitrogens with one attached hydrogen (secondary N) is 1. The van der Waals surface area contributed by atoms with Gasteiger partial charge in [0.05, 0.1) is 6.20 Å². The molecule has 6 nitrogen and oxygen atoms in total. The van der Waals surface area contributed by atoms with Gasteiger partial charge in [-0.05, 0) is 55.0 Å². The highest BCUT2D eigenvalue weighted by molar-refractivity contribution is 7.10. The second kappa shape index (κ2) is 9.99. The Bertz CT molecular complexity index is 1080. The molecule has 1 atom stereocenters. The van der Waals surface area contributed by atoms with Crippen molar-refractivity contribution in [2.24, 2.45) is 0 Å². The van der Waals surface area contributed by atoms with Gasteiger partial charge in [0, 0.05) is 29.0 Å². The standard InChI is InChI=1S/C24H25FN4O2S/c1-16-10-13-32-22(16)21(23(30)28-18-7-3-2-4-8-18)29(19-9-5-6-17(25)14-19)24(31)20-15-26-11-12-27-20/h5-6,9-15,18,21H,2-4,7-8H2,1H3,(H,28,30). The maximum atomic E-state index is 14.2. The van der Waals surface area contributed by atoms with E-state index in [1.54, 1.807) is 6.07 Å². The van der Waals surface area contributed by atoms with Crippen LogP contribution >= 0.6 is 11.3 Å². The van der Waals surface area contributed by atoms with Gasteiger partial charge in [0.2, 0.25) is 5.91 Å². The van der Waals surface area contributed by atoms with Crippen molar-refractivity contribution < 1.29 is 14.0 Å². The largest absolute Gasteiger partial charge is 0.351 e. The zero-order valence-corrected chi connectivity index (χ0v) is 18.6. The summed E-state index contributed by atoms with van der Waals surface area (Å²) < 4.78 is 14.2. The fourth-order valence-corrected chi connectivity index (χ4v) is 5.10. The van der Waals surface area contributed by atoms with Crippen molar-refractivity contribution in [3.63, 3.8) is 0 Å². The molecule has 0 saturated heterocycles. The Balaban J connectivity index is 1.79. The van der Waals surface area contributed by atoms with Crippen molar-refractivity contribution in [2.45, 2.75) is 51.1 Å². The van der Waals surface area contributed by atoms with Crippen molar-refractivity contribution >= 4 is 28.8 Å². The molecule has 3 aromatic rings. The van der Waals surface area contributed by atoms with E-state index in [1.165, 1.54) is 59.4 Å². The number of hydrogen-bond donors (Lipinski definition) is 1. The third-order valence-electron chi connectivity index (χ3n) is 5.70. The number of nitrogens with zero attached hydrogens (tertiary/aromatic N) is 3. The van der Waals surface area contributed by atoms with E-state index in [1.807, 2.05) is 18.4 Å². The molecule has 1 aliphatic rings. The lowest BCUT2D eigenvalue weighted by Crippen LogP contribution is -2.47. The molecule has 0 radical (unpaired) electrons. The average Bonchev–Trinajstić information content (AvgIpc) is 3.23. The number of aryl methyl sites for hydroxylation is 1. The lowest BCUT2D eigenvalue weighted by atomic mass is 9.95. The number of anilines is 1. The van der Waals surface area contributed by atoms with Gasteiger partial charge < -0.3 is 5.32 Å². The zero-order valence-electron chi connectivity index (χ0n) is 17.8. The summed E-state index contributed by atoms with van der Waals surface area (Å²) in [5.74, 6) is -1.28. The van der Waals surface area contributed by atoms with Gasteiger partial charge in [-0.2, -0.15) is 0 Å². The summed E-state index contributed by atoms with van der Waals surface area (Å²) in [6.45, 7) is 1.91. The first-order chi connectivity index (χ1) is 15.5. The lowest BCUT2D eigenvalue weighted by molar-refractivity contribution is -0.123. The number of carbonyl (C=O) groups is 2. The van der Waals surface area contributed by atoms with E-state index in [0.717, 1.165) is 36.1 Å². The van der Waals surface area contributed by atoms with E-state index < -0.39 is 17.8 Å². The van der Waals surface area contributed by atoms with Crippen LogP contribution in [0.15, 0.2) is 54.3 Å². The number of benzene rings is 1. The minimum atomic E-state index is -0.951. The first kappa shape index (κ1) is 22.1. The second-order valence-electron chi connectivity index (χ2n) is 7.96. The zero-order chi connectivity index (χ0) is 22.5. The van der Waals surface area contributed by atoms with E-state index in [4.69, 9.17) is 0 Å². The normalized spacial score (nSPS) is 15.2. The summed E-state index contributed by atoms with van der Waals surface area (Å²) in [7, 11) is 0. The molecule has 2 heterocycles. The molecule has 1 aliphatic carbocycles. The van der Waals surface area contributed by atoms with E-state index in [0.29, 0.717) is 0 Å². The van der Waals surface area contributed by atoms with Gasteiger partial charge in [-0.15, -0.1) is 11.3 Å². The maximum Gasteiger partial charge on any atom is 0.279 e. The molecule has 32 heavy (non-hydrogen) atoms. The minimum absolute atomic E-state index is 0.0694. The summed E-state index contributed by atoms with van der Waals surface area (Å²) in [5.41, 5.74) is 1.27. The van der Waals surface area contributed by atoms with Crippen molar-refractivity contribution in [1.29, 1.82) is 0 Å². The number of carbonyl (C=O) groups excluding carboxylic acids is 2. The molecule has 0 bridgehead atoms. The van der Waals surface area contributed by atoms with Crippen molar-refractivity contribution in [3.8, 4) is 0 Å². The molecule has 8 heteroatoms. The quantitative estimate of drug-likeness (QED) is 0.582. The first-order valence-electron chi connectivity index (χ1n) is 10.7. The van der Waals surface area contributed by atoms with Gasteiger partial charge in [0.25, 0.3) is 5.91 Å². The van der Waals surface area contributed by atoms with E-state index in [2.05, 4.69) is 15.3 Å². The van der Waals surface area contributed by atoms with E-state index in [9.17, 15) is 14.0 Å². The highest BCUT2D eigenvalue weighted by Gasteiger charge is 2.36. The molecular formula is C24H25FN4O2S. The molecule has 1 N–H and O–H groups in total. The number of hydrogen-bond acceptors (Lipinski definition) is 5. The van der Waals surface area contributed by atoms with Gasteiger partial charge in [-0.3, -0.25) is 19.5 Å². The fourth-order valence-electron chi connectivity index (χ4n) is 4.09. The molecule has 4 rings (SSSR count). The molecule has 1 aromatic carbocycles. The molecule has 2 aromatic heterocycles. The van der Waals surface area contributed by atoms with Crippen molar-refractivity contribution in [2.75, 3.05) is 4.90 Å². The molecule has 2 amide bonds. The number of amides is 2. The molecule has 166 valence electrons. The Hall–Kier alpha value is -3.13. The summed E-state index contributed by atoms with van der Waals surface area (Å²) in [6, 6.07) is 6.76. The Kier molecular flexibility index (Phi) is 6.90. The van der Waals surface area contributed by atoms with Crippen LogP contribution in [0.5, 0.6) is 0 Å². The lowest BCUT2D eigenvalue weighted by Gasteiger charge is -2.33. The van der Waals surface area contributed by atoms with Gasteiger partial charge in [0.15, 0.2) is 6.04 Å². The van der Waals surface area contributed by atoms with Gasteiger partial charge in [0.1, 0.15) is 11.5 Å². The Labute approximate surface area is 190 Å². The van der Waals surface area contributed by atoms with Crippen LogP contribution < -0.4 is 10.2 Å². The number of halogens is 1. The number of aromatic nitrogens is 2. The summed E-state index contributed by atoms with van der Waals surface area (Å²) in [5, 5.41) is 5.04.